The van der Waals surface area contributed by atoms with Crippen LogP contribution >= 0.6 is 0 Å². The van der Waals surface area contributed by atoms with Crippen molar-refractivity contribution in [3.63, 3.8) is 0 Å². The van der Waals surface area contributed by atoms with E-state index < -0.39 is 6.04 Å². The molecule has 0 saturated carbocycles. The highest BCUT2D eigenvalue weighted by Gasteiger charge is 2.15. The lowest BCUT2D eigenvalue weighted by Crippen LogP contribution is -2.43. The average molecular weight is 257 g/mol. The number of hydrogen-bond acceptors (Lipinski definition) is 4. The summed E-state index contributed by atoms with van der Waals surface area (Å²) in [5.74, 6) is 0.144. The Kier molecular flexibility index (Phi) is 8.55. The summed E-state index contributed by atoms with van der Waals surface area (Å²) < 4.78 is 0. The summed E-state index contributed by atoms with van der Waals surface area (Å²) in [6, 6.07) is -0.438. The van der Waals surface area contributed by atoms with Crippen molar-refractivity contribution in [3.05, 3.63) is 0 Å². The smallest absolute Gasteiger partial charge is 0.234 e. The fourth-order valence-corrected chi connectivity index (χ4v) is 1.38. The zero-order valence-electron chi connectivity index (χ0n) is 11.2. The van der Waals surface area contributed by atoms with Crippen LogP contribution in [0.25, 0.3) is 0 Å². The fraction of sp³-hybridized carbons (Fsp3) is 0.727. The van der Waals surface area contributed by atoms with Gasteiger partial charge in [-0.2, -0.15) is 0 Å². The molecule has 0 aromatic heterocycles. The molecule has 0 spiro atoms. The van der Waals surface area contributed by atoms with E-state index in [0.29, 0.717) is 18.9 Å². The van der Waals surface area contributed by atoms with E-state index in [4.69, 9.17) is 5.73 Å². The van der Waals surface area contributed by atoms with Gasteiger partial charge in [0.15, 0.2) is 11.7 Å². The number of nitrogens with two attached hydrogens (primary N) is 1. The molecule has 0 aliphatic carbocycles. The van der Waals surface area contributed by atoms with Crippen LogP contribution in [0.2, 0.25) is 0 Å². The van der Waals surface area contributed by atoms with E-state index in [-0.39, 0.29) is 18.2 Å². The van der Waals surface area contributed by atoms with Gasteiger partial charge in [-0.25, -0.2) is 0 Å². The van der Waals surface area contributed by atoms with Crippen LogP contribution in [0.15, 0.2) is 4.99 Å². The topological polar surface area (TPSA) is 109 Å². The molecule has 0 aliphatic heterocycles. The van der Waals surface area contributed by atoms with Crippen LogP contribution in [-0.4, -0.2) is 50.9 Å². The number of guanidine groups is 1. The van der Waals surface area contributed by atoms with Gasteiger partial charge in [0, 0.05) is 13.6 Å². The standard InChI is InChI=1S/C11H23N5O2/c1-8(17)9(16-10(18)7-13-2)5-4-6-15-11(12)14-3/h9,13H,4-7H2,1-3H3,(H,16,18)(H3,12,14,15)/t9-/m0/s1. The van der Waals surface area contributed by atoms with Crippen molar-refractivity contribution in [1.29, 1.82) is 0 Å². The number of hydrogen-bond donors (Lipinski definition) is 4. The van der Waals surface area contributed by atoms with Gasteiger partial charge in [0.25, 0.3) is 0 Å². The van der Waals surface area contributed by atoms with Gasteiger partial charge in [-0.1, -0.05) is 0 Å². The Morgan fingerprint density at radius 2 is 2.06 bits per heavy atom. The maximum Gasteiger partial charge on any atom is 0.234 e. The third-order valence-electron chi connectivity index (χ3n) is 2.38. The molecule has 0 aromatic carbocycles. The molecular weight excluding hydrogens is 234 g/mol. The molecule has 0 rings (SSSR count). The predicted octanol–water partition coefficient (Wildman–Crippen LogP) is -1.41. The van der Waals surface area contributed by atoms with E-state index in [1.54, 1.807) is 14.1 Å². The number of amides is 1. The minimum Gasteiger partial charge on any atom is -0.370 e. The molecule has 0 aliphatic rings. The van der Waals surface area contributed by atoms with Crippen molar-refractivity contribution >= 4 is 17.6 Å². The molecule has 1 amide bonds. The van der Waals surface area contributed by atoms with Crippen LogP contribution in [0.1, 0.15) is 19.8 Å². The summed E-state index contributed by atoms with van der Waals surface area (Å²) in [6.45, 7) is 2.30. The Morgan fingerprint density at radius 1 is 1.39 bits per heavy atom. The number of nitrogens with zero attached hydrogens (tertiary/aromatic N) is 1. The molecule has 0 bridgehead atoms. The van der Waals surface area contributed by atoms with E-state index in [2.05, 4.69) is 20.9 Å². The average Bonchev–Trinajstić information content (AvgIpc) is 2.32. The third kappa shape index (κ3) is 7.61. The lowest BCUT2D eigenvalue weighted by atomic mass is 10.1. The third-order valence-corrected chi connectivity index (χ3v) is 2.38. The molecular formula is C11H23N5O2. The Hall–Kier alpha value is -1.63. The molecule has 0 radical (unpaired) electrons. The summed E-state index contributed by atoms with van der Waals surface area (Å²) in [7, 11) is 3.28. The van der Waals surface area contributed by atoms with E-state index >= 15 is 0 Å². The number of carbonyl (C=O) groups is 2. The van der Waals surface area contributed by atoms with Crippen molar-refractivity contribution in [2.45, 2.75) is 25.8 Å². The number of likely N-dealkylation sites (N-methyl/N-ethyl adjacent to an activating group) is 1. The van der Waals surface area contributed by atoms with Crippen molar-refractivity contribution in [3.8, 4) is 0 Å². The van der Waals surface area contributed by atoms with E-state index in [1.165, 1.54) is 6.92 Å². The quantitative estimate of drug-likeness (QED) is 0.243. The Balaban J connectivity index is 3.98. The zero-order valence-corrected chi connectivity index (χ0v) is 11.2. The molecule has 7 heteroatoms. The van der Waals surface area contributed by atoms with Crippen LogP contribution in [0.5, 0.6) is 0 Å². The van der Waals surface area contributed by atoms with Crippen molar-refractivity contribution < 1.29 is 9.59 Å². The molecule has 18 heavy (non-hydrogen) atoms. The van der Waals surface area contributed by atoms with Crippen LogP contribution in [0.3, 0.4) is 0 Å². The second-order valence-electron chi connectivity index (χ2n) is 3.94. The molecule has 5 N–H and O–H groups in total. The highest BCUT2D eigenvalue weighted by molar-refractivity contribution is 5.88. The highest BCUT2D eigenvalue weighted by atomic mass is 16.2. The van der Waals surface area contributed by atoms with Gasteiger partial charge in [0.1, 0.15) is 0 Å². The zero-order chi connectivity index (χ0) is 14.0. The number of Topliss-reactive ketones (excluding diaryl/α,β-unsaturated/α-hetero) is 1. The minimum atomic E-state index is -0.438. The minimum absolute atomic E-state index is 0.0448. The van der Waals surface area contributed by atoms with Gasteiger partial charge in [-0.3, -0.25) is 14.6 Å². The number of rotatable bonds is 8. The Bertz CT molecular complexity index is 304. The SMILES string of the molecule is CN=C(N)NCCC[C@H](NC(=O)CNC)C(C)=O. The molecule has 104 valence electrons. The molecule has 0 unspecified atom stereocenters. The summed E-state index contributed by atoms with van der Waals surface area (Å²) in [5, 5.41) is 8.31. The largest absolute Gasteiger partial charge is 0.370 e. The van der Waals surface area contributed by atoms with Gasteiger partial charge in [-0.05, 0) is 26.8 Å². The van der Waals surface area contributed by atoms with E-state index in [9.17, 15) is 9.59 Å². The summed E-state index contributed by atoms with van der Waals surface area (Å²) >= 11 is 0. The summed E-state index contributed by atoms with van der Waals surface area (Å²) in [6.07, 6.45) is 1.30. The number of ketones is 1. The summed E-state index contributed by atoms with van der Waals surface area (Å²) in [4.78, 5) is 26.5. The fourth-order valence-electron chi connectivity index (χ4n) is 1.38. The molecule has 7 nitrogen and oxygen atoms in total. The molecule has 0 fully saturated rings. The maximum absolute atomic E-state index is 11.4. The van der Waals surface area contributed by atoms with Crippen molar-refractivity contribution in [1.82, 2.24) is 16.0 Å². The number of nitrogens with one attached hydrogen (secondary N) is 3. The van der Waals surface area contributed by atoms with E-state index in [0.717, 1.165) is 6.42 Å². The van der Waals surface area contributed by atoms with Crippen molar-refractivity contribution in [2.24, 2.45) is 10.7 Å². The monoisotopic (exact) mass is 257 g/mol. The predicted molar refractivity (Wildman–Crippen MR) is 71.3 cm³/mol. The summed E-state index contributed by atoms with van der Waals surface area (Å²) in [5.41, 5.74) is 5.46. The Morgan fingerprint density at radius 3 is 2.56 bits per heavy atom. The van der Waals surface area contributed by atoms with E-state index in [1.807, 2.05) is 0 Å². The van der Waals surface area contributed by atoms with Crippen LogP contribution in [0, 0.1) is 0 Å². The number of aliphatic imine (C=N–C) groups is 1. The highest BCUT2D eigenvalue weighted by Crippen LogP contribution is 1.98. The Labute approximate surface area is 108 Å². The lowest BCUT2D eigenvalue weighted by molar-refractivity contribution is -0.126. The van der Waals surface area contributed by atoms with Gasteiger partial charge in [0.2, 0.25) is 5.91 Å². The first kappa shape index (κ1) is 16.4. The van der Waals surface area contributed by atoms with Gasteiger partial charge in [0.05, 0.1) is 12.6 Å². The first-order valence-corrected chi connectivity index (χ1v) is 5.91. The first-order valence-electron chi connectivity index (χ1n) is 5.91. The van der Waals surface area contributed by atoms with Crippen LogP contribution in [-0.2, 0) is 9.59 Å². The first-order chi connectivity index (χ1) is 8.51. The number of carbonyl (C=O) groups excluding carboxylic acids is 2. The second kappa shape index (κ2) is 9.41. The maximum atomic E-state index is 11.4. The molecule has 1 atom stereocenters. The van der Waals surface area contributed by atoms with Gasteiger partial charge >= 0.3 is 0 Å². The molecule has 0 heterocycles. The lowest BCUT2D eigenvalue weighted by Gasteiger charge is -2.16. The van der Waals surface area contributed by atoms with Crippen LogP contribution in [0.4, 0.5) is 0 Å². The normalized spacial score (nSPS) is 12.9. The molecule has 0 aromatic rings. The van der Waals surface area contributed by atoms with Gasteiger partial charge < -0.3 is 21.7 Å². The van der Waals surface area contributed by atoms with Crippen molar-refractivity contribution in [2.75, 3.05) is 27.2 Å². The van der Waals surface area contributed by atoms with Crippen LogP contribution < -0.4 is 21.7 Å². The van der Waals surface area contributed by atoms with Gasteiger partial charge in [-0.15, -0.1) is 0 Å². The second-order valence-corrected chi connectivity index (χ2v) is 3.94. The molecule has 0 saturated heterocycles.